The summed E-state index contributed by atoms with van der Waals surface area (Å²) in [6.07, 6.45) is 3.65. The van der Waals surface area contributed by atoms with E-state index in [-0.39, 0.29) is 0 Å². The van der Waals surface area contributed by atoms with Crippen molar-refractivity contribution in [3.05, 3.63) is 29.3 Å². The van der Waals surface area contributed by atoms with Crippen LogP contribution in [-0.4, -0.2) is 39.2 Å². The van der Waals surface area contributed by atoms with Crippen molar-refractivity contribution in [2.24, 2.45) is 0 Å². The van der Waals surface area contributed by atoms with Crippen LogP contribution in [0.15, 0.2) is 18.2 Å². The molecule has 0 heterocycles. The lowest BCUT2D eigenvalue weighted by Crippen LogP contribution is -2.33. The molecule has 1 atom stereocenters. The van der Waals surface area contributed by atoms with Crippen LogP contribution in [0, 0.1) is 0 Å². The van der Waals surface area contributed by atoms with E-state index in [0.717, 1.165) is 25.3 Å². The van der Waals surface area contributed by atoms with Gasteiger partial charge in [0.15, 0.2) is 0 Å². The van der Waals surface area contributed by atoms with Gasteiger partial charge in [0, 0.05) is 19.1 Å². The topological polar surface area (TPSA) is 24.5 Å². The maximum absolute atomic E-state index is 5.49. The molecule has 1 aliphatic carbocycles. The van der Waals surface area contributed by atoms with Gasteiger partial charge in [0.05, 0.1) is 7.11 Å². The summed E-state index contributed by atoms with van der Waals surface area (Å²) in [4.78, 5) is 2.45. The zero-order chi connectivity index (χ0) is 13.0. The third kappa shape index (κ3) is 2.68. The van der Waals surface area contributed by atoms with Crippen LogP contribution in [0.1, 0.15) is 30.0 Å². The van der Waals surface area contributed by atoms with E-state index in [9.17, 15) is 0 Å². The number of hydrogen-bond donors (Lipinski definition) is 1. The highest BCUT2D eigenvalue weighted by molar-refractivity contribution is 5.43. The molecule has 2 rings (SSSR count). The minimum Gasteiger partial charge on any atom is -0.496 e. The van der Waals surface area contributed by atoms with E-state index in [1.807, 2.05) is 7.05 Å². The number of fused-ring (bicyclic) bond motifs is 1. The predicted molar refractivity (Wildman–Crippen MR) is 75.2 cm³/mol. The summed E-state index contributed by atoms with van der Waals surface area (Å²) >= 11 is 0. The molecule has 1 aromatic carbocycles. The Balaban J connectivity index is 2.22. The minimum absolute atomic E-state index is 0.539. The molecule has 0 aliphatic heterocycles. The highest BCUT2D eigenvalue weighted by Gasteiger charge is 2.25. The number of benzene rings is 1. The number of nitrogens with zero attached hydrogens (tertiary/aromatic N) is 1. The van der Waals surface area contributed by atoms with Gasteiger partial charge in [-0.2, -0.15) is 0 Å². The van der Waals surface area contributed by atoms with Gasteiger partial charge < -0.3 is 10.1 Å². The molecule has 0 saturated carbocycles. The van der Waals surface area contributed by atoms with Crippen molar-refractivity contribution in [1.29, 1.82) is 0 Å². The molecule has 1 N–H and O–H groups in total. The van der Waals surface area contributed by atoms with E-state index < -0.39 is 0 Å². The largest absolute Gasteiger partial charge is 0.496 e. The average Bonchev–Trinajstić information content (AvgIpc) is 2.43. The van der Waals surface area contributed by atoms with Gasteiger partial charge in [0.1, 0.15) is 5.75 Å². The number of rotatable bonds is 5. The molecule has 100 valence electrons. The lowest BCUT2D eigenvalue weighted by molar-refractivity contribution is 0.222. The maximum Gasteiger partial charge on any atom is 0.122 e. The number of nitrogens with one attached hydrogen (secondary N) is 1. The summed E-state index contributed by atoms with van der Waals surface area (Å²) < 4.78 is 5.49. The fourth-order valence-electron chi connectivity index (χ4n) is 2.88. The molecule has 0 radical (unpaired) electrons. The SMILES string of the molecule is CNCCN(C)C1CCCc2c(OC)cccc21. The van der Waals surface area contributed by atoms with Gasteiger partial charge >= 0.3 is 0 Å². The molecule has 1 aliphatic rings. The molecule has 0 spiro atoms. The van der Waals surface area contributed by atoms with E-state index in [1.54, 1.807) is 7.11 Å². The summed E-state index contributed by atoms with van der Waals surface area (Å²) in [5, 5.41) is 3.22. The predicted octanol–water partition coefficient (Wildman–Crippen LogP) is 2.22. The van der Waals surface area contributed by atoms with Crippen molar-refractivity contribution in [1.82, 2.24) is 10.2 Å². The highest BCUT2D eigenvalue weighted by atomic mass is 16.5. The Bertz CT molecular complexity index is 392. The van der Waals surface area contributed by atoms with Gasteiger partial charge in [-0.05, 0) is 50.6 Å². The van der Waals surface area contributed by atoms with Gasteiger partial charge in [0.2, 0.25) is 0 Å². The lowest BCUT2D eigenvalue weighted by Gasteiger charge is -2.33. The smallest absolute Gasteiger partial charge is 0.122 e. The van der Waals surface area contributed by atoms with Crippen molar-refractivity contribution in [2.75, 3.05) is 34.3 Å². The first-order chi connectivity index (χ1) is 8.77. The second-order valence-electron chi connectivity index (χ2n) is 5.02. The Morgan fingerprint density at radius 2 is 2.28 bits per heavy atom. The van der Waals surface area contributed by atoms with E-state index in [4.69, 9.17) is 4.74 Å². The molecule has 1 unspecified atom stereocenters. The Morgan fingerprint density at radius 3 is 3.00 bits per heavy atom. The minimum atomic E-state index is 0.539. The van der Waals surface area contributed by atoms with E-state index in [2.05, 4.69) is 35.5 Å². The normalized spacial score (nSPS) is 18.8. The fraction of sp³-hybridized carbons (Fsp3) is 0.600. The molecule has 0 amide bonds. The first kappa shape index (κ1) is 13.4. The zero-order valence-electron chi connectivity index (χ0n) is 11.7. The number of hydrogen-bond acceptors (Lipinski definition) is 3. The van der Waals surface area contributed by atoms with Crippen molar-refractivity contribution in [2.45, 2.75) is 25.3 Å². The molecule has 3 heteroatoms. The van der Waals surface area contributed by atoms with Crippen molar-refractivity contribution < 1.29 is 4.74 Å². The Labute approximate surface area is 110 Å². The van der Waals surface area contributed by atoms with Crippen LogP contribution in [-0.2, 0) is 6.42 Å². The van der Waals surface area contributed by atoms with Gasteiger partial charge in [0.25, 0.3) is 0 Å². The Kier molecular flexibility index (Phi) is 4.61. The first-order valence-electron chi connectivity index (χ1n) is 6.78. The number of likely N-dealkylation sites (N-methyl/N-ethyl adjacent to an activating group) is 2. The van der Waals surface area contributed by atoms with Crippen LogP contribution in [0.5, 0.6) is 5.75 Å². The van der Waals surface area contributed by atoms with Crippen LogP contribution >= 0.6 is 0 Å². The Hall–Kier alpha value is -1.06. The van der Waals surface area contributed by atoms with Crippen molar-refractivity contribution in [3.8, 4) is 5.75 Å². The highest BCUT2D eigenvalue weighted by Crippen LogP contribution is 2.37. The summed E-state index contributed by atoms with van der Waals surface area (Å²) in [6.45, 7) is 2.12. The molecular formula is C15H24N2O. The van der Waals surface area contributed by atoms with Crippen molar-refractivity contribution in [3.63, 3.8) is 0 Å². The van der Waals surface area contributed by atoms with Gasteiger partial charge in [-0.3, -0.25) is 4.90 Å². The van der Waals surface area contributed by atoms with Crippen LogP contribution < -0.4 is 10.1 Å². The molecule has 3 nitrogen and oxygen atoms in total. The average molecular weight is 248 g/mol. The van der Waals surface area contributed by atoms with Crippen LogP contribution in [0.3, 0.4) is 0 Å². The monoisotopic (exact) mass is 248 g/mol. The summed E-state index contributed by atoms with van der Waals surface area (Å²) in [7, 11) is 5.99. The second kappa shape index (κ2) is 6.21. The molecule has 0 fully saturated rings. The summed E-state index contributed by atoms with van der Waals surface area (Å²) in [5.41, 5.74) is 2.87. The van der Waals surface area contributed by atoms with E-state index >= 15 is 0 Å². The quantitative estimate of drug-likeness (QED) is 0.865. The maximum atomic E-state index is 5.49. The van der Waals surface area contributed by atoms with E-state index in [0.29, 0.717) is 6.04 Å². The molecule has 18 heavy (non-hydrogen) atoms. The summed E-state index contributed by atoms with van der Waals surface area (Å²) in [5.74, 6) is 1.05. The molecular weight excluding hydrogens is 224 g/mol. The second-order valence-corrected chi connectivity index (χ2v) is 5.02. The molecule has 1 aromatic rings. The fourth-order valence-corrected chi connectivity index (χ4v) is 2.88. The summed E-state index contributed by atoms with van der Waals surface area (Å²) in [6, 6.07) is 6.99. The third-order valence-corrected chi connectivity index (χ3v) is 3.90. The zero-order valence-corrected chi connectivity index (χ0v) is 11.7. The molecule has 0 saturated heterocycles. The number of ether oxygens (including phenoxy) is 1. The molecule has 0 bridgehead atoms. The van der Waals surface area contributed by atoms with Crippen LogP contribution in [0.2, 0.25) is 0 Å². The van der Waals surface area contributed by atoms with Gasteiger partial charge in [-0.15, -0.1) is 0 Å². The van der Waals surface area contributed by atoms with Crippen LogP contribution in [0.25, 0.3) is 0 Å². The first-order valence-corrected chi connectivity index (χ1v) is 6.78. The van der Waals surface area contributed by atoms with Crippen LogP contribution in [0.4, 0.5) is 0 Å². The third-order valence-electron chi connectivity index (χ3n) is 3.90. The molecule has 0 aromatic heterocycles. The number of methoxy groups -OCH3 is 1. The lowest BCUT2D eigenvalue weighted by atomic mass is 9.86. The van der Waals surface area contributed by atoms with Gasteiger partial charge in [-0.1, -0.05) is 12.1 Å². The standard InChI is InChI=1S/C15H24N2O/c1-16-10-11-17(2)14-8-4-7-13-12(14)6-5-9-15(13)18-3/h5-6,9,14,16H,4,7-8,10-11H2,1-3H3. The Morgan fingerprint density at radius 1 is 1.44 bits per heavy atom. The van der Waals surface area contributed by atoms with Crippen molar-refractivity contribution >= 4 is 0 Å². The van der Waals surface area contributed by atoms with Gasteiger partial charge in [-0.25, -0.2) is 0 Å². The van der Waals surface area contributed by atoms with E-state index in [1.165, 1.54) is 24.0 Å².